The molecule has 0 aliphatic heterocycles. The SMILES string of the molecule is COc1ccccc1C(=O)NCCNC(=O)c1nc2ccccc2s1. The number of fused-ring (bicyclic) bond motifs is 1. The molecule has 0 saturated heterocycles. The van der Waals surface area contributed by atoms with Gasteiger partial charge < -0.3 is 15.4 Å². The molecule has 2 N–H and O–H groups in total. The van der Waals surface area contributed by atoms with Crippen molar-refractivity contribution in [1.29, 1.82) is 0 Å². The molecule has 0 saturated carbocycles. The maximum absolute atomic E-state index is 12.1. The van der Waals surface area contributed by atoms with E-state index in [1.807, 2.05) is 24.3 Å². The normalized spacial score (nSPS) is 10.4. The van der Waals surface area contributed by atoms with Gasteiger partial charge >= 0.3 is 0 Å². The van der Waals surface area contributed by atoms with E-state index >= 15 is 0 Å². The highest BCUT2D eigenvalue weighted by atomic mass is 32.1. The first-order valence-electron chi connectivity index (χ1n) is 7.74. The van der Waals surface area contributed by atoms with Gasteiger partial charge in [-0.1, -0.05) is 24.3 Å². The average Bonchev–Trinajstić information content (AvgIpc) is 3.09. The Bertz CT molecular complexity index is 874. The van der Waals surface area contributed by atoms with E-state index in [1.54, 1.807) is 24.3 Å². The van der Waals surface area contributed by atoms with Gasteiger partial charge in [-0.05, 0) is 24.3 Å². The zero-order valence-corrected chi connectivity index (χ0v) is 14.4. The summed E-state index contributed by atoms with van der Waals surface area (Å²) in [6.45, 7) is 0.628. The van der Waals surface area contributed by atoms with Crippen LogP contribution in [0.25, 0.3) is 10.2 Å². The first-order chi connectivity index (χ1) is 12.2. The molecule has 3 rings (SSSR count). The van der Waals surface area contributed by atoms with Crippen LogP contribution in [0.5, 0.6) is 5.75 Å². The highest BCUT2D eigenvalue weighted by Crippen LogP contribution is 2.21. The number of thiazole rings is 1. The number of nitrogens with zero attached hydrogens (tertiary/aromatic N) is 1. The zero-order valence-electron chi connectivity index (χ0n) is 13.6. The van der Waals surface area contributed by atoms with E-state index in [9.17, 15) is 9.59 Å². The Balaban J connectivity index is 1.51. The summed E-state index contributed by atoms with van der Waals surface area (Å²) >= 11 is 1.34. The number of nitrogens with one attached hydrogen (secondary N) is 2. The van der Waals surface area contributed by atoms with E-state index in [1.165, 1.54) is 18.4 Å². The lowest BCUT2D eigenvalue weighted by Crippen LogP contribution is -2.34. The van der Waals surface area contributed by atoms with Gasteiger partial charge in [0, 0.05) is 13.1 Å². The number of benzene rings is 2. The Kier molecular flexibility index (Phi) is 5.25. The van der Waals surface area contributed by atoms with E-state index in [0.717, 1.165) is 10.2 Å². The molecule has 25 heavy (non-hydrogen) atoms. The summed E-state index contributed by atoms with van der Waals surface area (Å²) in [4.78, 5) is 28.6. The quantitative estimate of drug-likeness (QED) is 0.666. The molecule has 1 aromatic heterocycles. The number of aromatic nitrogens is 1. The first-order valence-corrected chi connectivity index (χ1v) is 8.55. The van der Waals surface area contributed by atoms with E-state index < -0.39 is 0 Å². The fourth-order valence-electron chi connectivity index (χ4n) is 2.32. The van der Waals surface area contributed by atoms with Gasteiger partial charge in [0.05, 0.1) is 22.9 Å². The molecule has 0 fully saturated rings. The molecule has 3 aromatic rings. The molecule has 0 unspecified atom stereocenters. The minimum atomic E-state index is -0.244. The van der Waals surface area contributed by atoms with E-state index in [4.69, 9.17) is 4.74 Å². The molecule has 0 aliphatic rings. The highest BCUT2D eigenvalue weighted by Gasteiger charge is 2.13. The fraction of sp³-hybridized carbons (Fsp3) is 0.167. The molecule has 0 radical (unpaired) electrons. The van der Waals surface area contributed by atoms with Crippen molar-refractivity contribution in [1.82, 2.24) is 15.6 Å². The van der Waals surface area contributed by atoms with Crippen molar-refractivity contribution in [2.45, 2.75) is 0 Å². The number of methoxy groups -OCH3 is 1. The van der Waals surface area contributed by atoms with Crippen LogP contribution in [0.3, 0.4) is 0 Å². The first kappa shape index (κ1) is 16.9. The number of ether oxygens (including phenoxy) is 1. The van der Waals surface area contributed by atoms with Gasteiger partial charge in [0.25, 0.3) is 11.8 Å². The minimum absolute atomic E-state index is 0.243. The van der Waals surface area contributed by atoms with Crippen molar-refractivity contribution in [3.05, 3.63) is 59.1 Å². The third kappa shape index (κ3) is 3.95. The molecule has 0 aliphatic carbocycles. The van der Waals surface area contributed by atoms with Crippen molar-refractivity contribution < 1.29 is 14.3 Å². The maximum atomic E-state index is 12.1. The second-order valence-corrected chi connectivity index (χ2v) is 6.23. The van der Waals surface area contributed by atoms with Crippen LogP contribution < -0.4 is 15.4 Å². The van der Waals surface area contributed by atoms with Crippen molar-refractivity contribution in [2.24, 2.45) is 0 Å². The Morgan fingerprint density at radius 2 is 1.68 bits per heavy atom. The third-order valence-corrected chi connectivity index (χ3v) is 4.57. The maximum Gasteiger partial charge on any atom is 0.280 e. The lowest BCUT2D eigenvalue weighted by molar-refractivity contribution is 0.0926. The topological polar surface area (TPSA) is 80.3 Å². The van der Waals surface area contributed by atoms with Crippen molar-refractivity contribution >= 4 is 33.4 Å². The Hall–Kier alpha value is -2.93. The molecule has 7 heteroatoms. The predicted molar refractivity (Wildman–Crippen MR) is 97.3 cm³/mol. The van der Waals surface area contributed by atoms with Crippen LogP contribution in [0.1, 0.15) is 20.2 Å². The average molecular weight is 355 g/mol. The summed E-state index contributed by atoms with van der Waals surface area (Å²) in [6.07, 6.45) is 0. The largest absolute Gasteiger partial charge is 0.496 e. The van der Waals surface area contributed by atoms with Gasteiger partial charge in [-0.15, -0.1) is 11.3 Å². The molecule has 0 atom stereocenters. The molecular weight excluding hydrogens is 338 g/mol. The summed E-state index contributed by atoms with van der Waals surface area (Å²) in [6, 6.07) is 14.6. The Morgan fingerprint density at radius 3 is 2.44 bits per heavy atom. The summed E-state index contributed by atoms with van der Waals surface area (Å²) in [5, 5.41) is 5.93. The van der Waals surface area contributed by atoms with E-state index in [0.29, 0.717) is 29.4 Å². The summed E-state index contributed by atoms with van der Waals surface area (Å²) in [5.74, 6) is 0.0259. The molecule has 2 amide bonds. The van der Waals surface area contributed by atoms with Crippen LogP contribution >= 0.6 is 11.3 Å². The van der Waals surface area contributed by atoms with Gasteiger partial charge in [0.2, 0.25) is 0 Å². The molecular formula is C18H17N3O3S. The van der Waals surface area contributed by atoms with Crippen molar-refractivity contribution in [3.8, 4) is 5.75 Å². The zero-order chi connectivity index (χ0) is 17.6. The Labute approximate surface area is 148 Å². The summed E-state index contributed by atoms with van der Waals surface area (Å²) in [5.41, 5.74) is 1.27. The van der Waals surface area contributed by atoms with Gasteiger partial charge in [-0.25, -0.2) is 4.98 Å². The molecule has 0 spiro atoms. The van der Waals surface area contributed by atoms with Gasteiger partial charge in [0.15, 0.2) is 5.01 Å². The van der Waals surface area contributed by atoms with Crippen molar-refractivity contribution in [3.63, 3.8) is 0 Å². The fourth-order valence-corrected chi connectivity index (χ4v) is 3.21. The van der Waals surface area contributed by atoms with Crippen LogP contribution in [-0.4, -0.2) is 37.0 Å². The lowest BCUT2D eigenvalue weighted by Gasteiger charge is -2.09. The summed E-state index contributed by atoms with van der Waals surface area (Å²) < 4.78 is 6.13. The van der Waals surface area contributed by atoms with Crippen molar-refractivity contribution in [2.75, 3.05) is 20.2 Å². The van der Waals surface area contributed by atoms with Gasteiger partial charge in [0.1, 0.15) is 5.75 Å². The van der Waals surface area contributed by atoms with Crippen LogP contribution in [-0.2, 0) is 0 Å². The molecule has 2 aromatic carbocycles. The molecule has 128 valence electrons. The van der Waals surface area contributed by atoms with Gasteiger partial charge in [-0.3, -0.25) is 9.59 Å². The minimum Gasteiger partial charge on any atom is -0.496 e. The van der Waals surface area contributed by atoms with E-state index in [2.05, 4.69) is 15.6 Å². The lowest BCUT2D eigenvalue weighted by atomic mass is 10.2. The smallest absolute Gasteiger partial charge is 0.280 e. The third-order valence-electron chi connectivity index (χ3n) is 3.54. The van der Waals surface area contributed by atoms with Gasteiger partial charge in [-0.2, -0.15) is 0 Å². The predicted octanol–water partition coefficient (Wildman–Crippen LogP) is 2.46. The van der Waals surface area contributed by atoms with Crippen LogP contribution in [0.4, 0.5) is 0 Å². The second-order valence-electron chi connectivity index (χ2n) is 5.20. The molecule has 6 nitrogen and oxygen atoms in total. The number of rotatable bonds is 6. The number of carbonyl (C=O) groups is 2. The highest BCUT2D eigenvalue weighted by molar-refractivity contribution is 7.20. The monoisotopic (exact) mass is 355 g/mol. The van der Waals surface area contributed by atoms with Crippen LogP contribution in [0, 0.1) is 0 Å². The van der Waals surface area contributed by atoms with E-state index in [-0.39, 0.29) is 11.8 Å². The summed E-state index contributed by atoms with van der Waals surface area (Å²) in [7, 11) is 1.52. The standard InChI is InChI=1S/C18H17N3O3S/c1-24-14-8-4-2-6-12(14)16(22)19-10-11-20-17(23)18-21-13-7-3-5-9-15(13)25-18/h2-9H,10-11H2,1H3,(H,19,22)(H,20,23). The Morgan fingerprint density at radius 1 is 1.00 bits per heavy atom. The number of hydrogen-bond donors (Lipinski definition) is 2. The number of carbonyl (C=O) groups excluding carboxylic acids is 2. The number of para-hydroxylation sites is 2. The number of hydrogen-bond acceptors (Lipinski definition) is 5. The number of amides is 2. The molecule has 1 heterocycles. The molecule has 0 bridgehead atoms. The van der Waals surface area contributed by atoms with Crippen LogP contribution in [0.2, 0.25) is 0 Å². The second kappa shape index (κ2) is 7.76. The van der Waals surface area contributed by atoms with Crippen LogP contribution in [0.15, 0.2) is 48.5 Å².